The molecule has 6 nitrogen and oxygen atoms in total. The normalized spacial score (nSPS) is 24.6. The lowest BCUT2D eigenvalue weighted by molar-refractivity contribution is -0.139. The van der Waals surface area contributed by atoms with Crippen molar-refractivity contribution in [2.45, 2.75) is 43.7 Å². The highest BCUT2D eigenvalue weighted by Gasteiger charge is 2.55. The van der Waals surface area contributed by atoms with Crippen LogP contribution in [0, 0.1) is 0 Å². The van der Waals surface area contributed by atoms with Gasteiger partial charge in [-0.3, -0.25) is 14.5 Å². The van der Waals surface area contributed by atoms with Gasteiger partial charge in [0.2, 0.25) is 5.91 Å². The zero-order valence-corrected chi connectivity index (χ0v) is 17.1. The molecule has 2 aromatic rings. The summed E-state index contributed by atoms with van der Waals surface area (Å²) in [4.78, 5) is 41.9. The van der Waals surface area contributed by atoms with Crippen LogP contribution in [0.5, 0.6) is 0 Å². The predicted molar refractivity (Wildman–Crippen MR) is 112 cm³/mol. The number of likely N-dealkylation sites (N-methyl/N-ethyl adjacent to an activating group) is 1. The van der Waals surface area contributed by atoms with Crippen molar-refractivity contribution in [3.63, 3.8) is 0 Å². The van der Waals surface area contributed by atoms with Gasteiger partial charge in [-0.15, -0.1) is 0 Å². The number of carbonyl (C=O) groups is 3. The van der Waals surface area contributed by atoms with Crippen molar-refractivity contribution in [3.8, 4) is 0 Å². The summed E-state index contributed by atoms with van der Waals surface area (Å²) in [5.74, 6) is -0.535. The Kier molecular flexibility index (Phi) is 4.38. The Morgan fingerprint density at radius 3 is 2.67 bits per heavy atom. The van der Waals surface area contributed by atoms with Gasteiger partial charge in [-0.2, -0.15) is 0 Å². The number of carbonyl (C=O) groups excluding carboxylic acids is 3. The zero-order valence-electron chi connectivity index (χ0n) is 17.1. The zero-order chi connectivity index (χ0) is 20.9. The van der Waals surface area contributed by atoms with Crippen molar-refractivity contribution >= 4 is 17.8 Å². The van der Waals surface area contributed by atoms with Crippen molar-refractivity contribution in [1.29, 1.82) is 0 Å². The Labute approximate surface area is 175 Å². The van der Waals surface area contributed by atoms with Gasteiger partial charge < -0.3 is 10.2 Å². The molecule has 154 valence electrons. The quantitative estimate of drug-likeness (QED) is 0.801. The molecule has 3 aliphatic rings. The smallest absolute Gasteiger partial charge is 0.325 e. The van der Waals surface area contributed by atoms with E-state index in [2.05, 4.69) is 17.4 Å². The van der Waals surface area contributed by atoms with Crippen LogP contribution in [-0.2, 0) is 28.0 Å². The minimum Gasteiger partial charge on any atom is -0.337 e. The number of hydrogen-bond acceptors (Lipinski definition) is 3. The lowest BCUT2D eigenvalue weighted by Gasteiger charge is -2.34. The van der Waals surface area contributed by atoms with E-state index in [9.17, 15) is 14.4 Å². The molecular formula is C24H25N3O3. The maximum atomic E-state index is 13.3. The van der Waals surface area contributed by atoms with Gasteiger partial charge in [0.15, 0.2) is 0 Å². The highest BCUT2D eigenvalue weighted by atomic mass is 16.2. The first-order valence-electron chi connectivity index (χ1n) is 10.6. The summed E-state index contributed by atoms with van der Waals surface area (Å²) in [6.45, 7) is -0.232. The Hall–Kier alpha value is -3.15. The first-order chi connectivity index (χ1) is 14.5. The third-order valence-electron chi connectivity index (χ3n) is 6.91. The van der Waals surface area contributed by atoms with Crippen molar-refractivity contribution in [2.75, 3.05) is 13.6 Å². The SMILES string of the molecule is CN(C(=O)CN1C(=O)N[C@]2(CCc3ccccc32)C1=O)[C@H]1CCCc2ccccc21. The lowest BCUT2D eigenvalue weighted by atomic mass is 9.87. The van der Waals surface area contributed by atoms with Crippen LogP contribution in [0.3, 0.4) is 0 Å². The Bertz CT molecular complexity index is 1050. The molecule has 0 saturated carbocycles. The summed E-state index contributed by atoms with van der Waals surface area (Å²) in [5.41, 5.74) is 3.34. The minimum atomic E-state index is -1.02. The fraction of sp³-hybridized carbons (Fsp3) is 0.375. The second-order valence-corrected chi connectivity index (χ2v) is 8.50. The summed E-state index contributed by atoms with van der Waals surface area (Å²) in [7, 11) is 1.77. The van der Waals surface area contributed by atoms with E-state index in [1.165, 1.54) is 5.56 Å². The van der Waals surface area contributed by atoms with Crippen LogP contribution in [0.1, 0.15) is 47.6 Å². The number of imide groups is 1. The molecule has 2 atom stereocenters. The standard InChI is InChI=1S/C24H25N3O3/c1-26(20-12-6-9-16-7-2-4-10-18(16)20)21(28)15-27-22(29)24(25-23(27)30)14-13-17-8-3-5-11-19(17)24/h2-5,7-8,10-11,20H,6,9,12-15H2,1H3,(H,25,30)/t20-,24-/m0/s1. The van der Waals surface area contributed by atoms with Crippen molar-refractivity contribution < 1.29 is 14.4 Å². The number of hydrogen-bond donors (Lipinski definition) is 1. The Morgan fingerprint density at radius 2 is 1.83 bits per heavy atom. The number of nitrogens with zero attached hydrogens (tertiary/aromatic N) is 2. The first kappa shape index (κ1) is 18.9. The van der Waals surface area contributed by atoms with Gasteiger partial charge in [0.05, 0.1) is 6.04 Å². The van der Waals surface area contributed by atoms with Gasteiger partial charge in [-0.05, 0) is 54.4 Å². The third kappa shape index (κ3) is 2.74. The van der Waals surface area contributed by atoms with Gasteiger partial charge in [0.25, 0.3) is 5.91 Å². The van der Waals surface area contributed by atoms with Crippen LogP contribution in [0.4, 0.5) is 4.79 Å². The van der Waals surface area contributed by atoms with Crippen LogP contribution in [0.15, 0.2) is 48.5 Å². The highest BCUT2D eigenvalue weighted by Crippen LogP contribution is 2.41. The van der Waals surface area contributed by atoms with Crippen molar-refractivity contribution in [2.24, 2.45) is 0 Å². The molecule has 0 aromatic heterocycles. The van der Waals surface area contributed by atoms with Crippen LogP contribution < -0.4 is 5.32 Å². The molecule has 0 radical (unpaired) electrons. The monoisotopic (exact) mass is 403 g/mol. The molecule has 0 unspecified atom stereocenters. The summed E-state index contributed by atoms with van der Waals surface area (Å²) in [5, 5.41) is 2.89. The highest BCUT2D eigenvalue weighted by molar-refractivity contribution is 6.09. The number of benzene rings is 2. The van der Waals surface area contributed by atoms with Gasteiger partial charge in [-0.25, -0.2) is 4.79 Å². The van der Waals surface area contributed by atoms with E-state index in [4.69, 9.17) is 0 Å². The topological polar surface area (TPSA) is 69.7 Å². The number of aryl methyl sites for hydroxylation is 2. The van der Waals surface area contributed by atoms with Gasteiger partial charge in [0.1, 0.15) is 12.1 Å². The van der Waals surface area contributed by atoms with Crippen LogP contribution in [-0.4, -0.2) is 41.2 Å². The van der Waals surface area contributed by atoms with E-state index in [1.807, 2.05) is 36.4 Å². The lowest BCUT2D eigenvalue weighted by Crippen LogP contribution is -2.45. The van der Waals surface area contributed by atoms with E-state index in [1.54, 1.807) is 11.9 Å². The average molecular weight is 403 g/mol. The van der Waals surface area contributed by atoms with Crippen molar-refractivity contribution in [1.82, 2.24) is 15.1 Å². The van der Waals surface area contributed by atoms with E-state index < -0.39 is 11.6 Å². The molecule has 1 saturated heterocycles. The summed E-state index contributed by atoms with van der Waals surface area (Å²) >= 11 is 0. The molecule has 2 aromatic carbocycles. The molecule has 1 aliphatic heterocycles. The minimum absolute atomic E-state index is 0.0237. The van der Waals surface area contributed by atoms with E-state index >= 15 is 0 Å². The number of rotatable bonds is 3. The molecule has 4 amide bonds. The number of amides is 4. The maximum Gasteiger partial charge on any atom is 0.325 e. The molecular weight excluding hydrogens is 378 g/mol. The number of nitrogens with one attached hydrogen (secondary N) is 1. The molecule has 30 heavy (non-hydrogen) atoms. The van der Waals surface area contributed by atoms with E-state index in [0.717, 1.165) is 47.3 Å². The Balaban J connectivity index is 1.36. The van der Waals surface area contributed by atoms with Gasteiger partial charge in [-0.1, -0.05) is 48.5 Å². The summed E-state index contributed by atoms with van der Waals surface area (Å²) in [6.07, 6.45) is 4.19. The fourth-order valence-electron chi connectivity index (χ4n) is 5.28. The predicted octanol–water partition coefficient (Wildman–Crippen LogP) is 2.92. The number of fused-ring (bicyclic) bond motifs is 3. The summed E-state index contributed by atoms with van der Waals surface area (Å²) < 4.78 is 0. The Morgan fingerprint density at radius 1 is 1.10 bits per heavy atom. The average Bonchev–Trinajstić information content (AvgIpc) is 3.26. The van der Waals surface area contributed by atoms with E-state index in [0.29, 0.717) is 6.42 Å². The summed E-state index contributed by atoms with van der Waals surface area (Å²) in [6, 6.07) is 15.4. The van der Waals surface area contributed by atoms with Crippen LogP contribution >= 0.6 is 0 Å². The van der Waals surface area contributed by atoms with Gasteiger partial charge >= 0.3 is 6.03 Å². The third-order valence-corrected chi connectivity index (χ3v) is 6.91. The fourth-order valence-corrected chi connectivity index (χ4v) is 5.28. The maximum absolute atomic E-state index is 13.3. The first-order valence-corrected chi connectivity index (χ1v) is 10.6. The second-order valence-electron chi connectivity index (χ2n) is 8.50. The van der Waals surface area contributed by atoms with Crippen molar-refractivity contribution in [3.05, 3.63) is 70.8 Å². The largest absolute Gasteiger partial charge is 0.337 e. The molecule has 1 spiro atoms. The number of urea groups is 1. The van der Waals surface area contributed by atoms with Crippen LogP contribution in [0.25, 0.3) is 0 Å². The molecule has 1 fully saturated rings. The molecule has 5 rings (SSSR count). The molecule has 1 heterocycles. The molecule has 0 bridgehead atoms. The molecule has 2 aliphatic carbocycles. The molecule has 1 N–H and O–H groups in total. The van der Waals surface area contributed by atoms with Crippen LogP contribution in [0.2, 0.25) is 0 Å². The van der Waals surface area contributed by atoms with Gasteiger partial charge in [0, 0.05) is 7.05 Å². The van der Waals surface area contributed by atoms with E-state index in [-0.39, 0.29) is 24.4 Å². The molecule has 6 heteroatoms. The second kappa shape index (κ2) is 6.97.